The van der Waals surface area contributed by atoms with Crippen molar-refractivity contribution in [3.05, 3.63) is 71.3 Å². The molecule has 0 saturated carbocycles. The molecule has 53 heavy (non-hydrogen) atoms. The molecule has 2 aliphatic rings. The number of nitrogens with zero attached hydrogens (tertiary/aromatic N) is 1. The molecule has 0 aliphatic carbocycles. The average molecular weight is 752 g/mol. The van der Waals surface area contributed by atoms with Crippen molar-refractivity contribution in [2.45, 2.75) is 123 Å². The second-order valence-electron chi connectivity index (χ2n) is 16.1. The summed E-state index contributed by atoms with van der Waals surface area (Å²) in [7, 11) is -0.917. The lowest BCUT2D eigenvalue weighted by molar-refractivity contribution is -0.0216. The lowest BCUT2D eigenvalue weighted by atomic mass is 9.98. The molecule has 0 spiro atoms. The van der Waals surface area contributed by atoms with Gasteiger partial charge in [0, 0.05) is 24.9 Å². The predicted octanol–water partition coefficient (Wildman–Crippen LogP) is 9.48. The SMILES string of the molecule is CCN(C(=O)OC(C)(C)C)c1cc2c(c(O[Si](C)(C)C(C)(C)C)c1)C(=O)O[C@@H](C)[C@H](C)C=C[C@@H](OCc1ccc(OC)cc1)[C@H]1OC(=O)O[C@H]1CC=C2. The Hall–Kier alpha value is -4.29. The van der Waals surface area contributed by atoms with Gasteiger partial charge in [-0.05, 0) is 82.1 Å². The Kier molecular flexibility index (Phi) is 13.1. The van der Waals surface area contributed by atoms with Gasteiger partial charge in [0.05, 0.1) is 19.4 Å². The molecule has 1 amide bonds. The van der Waals surface area contributed by atoms with Crippen LogP contribution in [0.25, 0.3) is 6.08 Å². The van der Waals surface area contributed by atoms with Crippen LogP contribution >= 0.6 is 0 Å². The highest BCUT2D eigenvalue weighted by molar-refractivity contribution is 6.74. The molecule has 2 aromatic rings. The predicted molar refractivity (Wildman–Crippen MR) is 207 cm³/mol. The highest BCUT2D eigenvalue weighted by atomic mass is 28.4. The fourth-order valence-electron chi connectivity index (χ4n) is 5.52. The topological polar surface area (TPSA) is 119 Å². The molecule has 5 atom stereocenters. The largest absolute Gasteiger partial charge is 0.543 e. The molecule has 4 rings (SSSR count). The van der Waals surface area contributed by atoms with E-state index in [0.717, 1.165) is 11.3 Å². The van der Waals surface area contributed by atoms with Crippen LogP contribution in [0.1, 0.15) is 90.2 Å². The first-order valence-corrected chi connectivity index (χ1v) is 21.2. The lowest BCUT2D eigenvalue weighted by Gasteiger charge is -2.37. The number of methoxy groups -OCH3 is 1. The zero-order valence-electron chi connectivity index (χ0n) is 33.3. The van der Waals surface area contributed by atoms with Gasteiger partial charge in [0.25, 0.3) is 8.32 Å². The monoisotopic (exact) mass is 751 g/mol. The van der Waals surface area contributed by atoms with Crippen LogP contribution in [0.15, 0.2) is 54.6 Å². The Morgan fingerprint density at radius 1 is 0.962 bits per heavy atom. The van der Waals surface area contributed by atoms with Crippen LogP contribution in [0.4, 0.5) is 15.3 Å². The summed E-state index contributed by atoms with van der Waals surface area (Å²) in [5, 5.41) is -0.202. The molecule has 290 valence electrons. The summed E-state index contributed by atoms with van der Waals surface area (Å²) in [6.45, 7) is 22.1. The molecule has 1 saturated heterocycles. The summed E-state index contributed by atoms with van der Waals surface area (Å²) in [5.41, 5.74) is 1.40. The maximum atomic E-state index is 14.3. The van der Waals surface area contributed by atoms with Crippen LogP contribution in [0.2, 0.25) is 18.1 Å². The number of benzene rings is 2. The first-order valence-electron chi connectivity index (χ1n) is 18.3. The number of rotatable bonds is 8. The van der Waals surface area contributed by atoms with Gasteiger partial charge < -0.3 is 32.8 Å². The van der Waals surface area contributed by atoms with Gasteiger partial charge in [0.1, 0.15) is 41.0 Å². The number of hydrogen-bond donors (Lipinski definition) is 0. The van der Waals surface area contributed by atoms with Crippen molar-refractivity contribution in [3.8, 4) is 11.5 Å². The Bertz CT molecular complexity index is 1670. The van der Waals surface area contributed by atoms with Gasteiger partial charge in [0.15, 0.2) is 6.10 Å². The van der Waals surface area contributed by atoms with Crippen molar-refractivity contribution < 1.29 is 47.2 Å². The average Bonchev–Trinajstić information content (AvgIpc) is 3.42. The van der Waals surface area contributed by atoms with Crippen LogP contribution in [-0.2, 0) is 30.3 Å². The van der Waals surface area contributed by atoms with Crippen molar-refractivity contribution in [1.29, 1.82) is 0 Å². The number of anilines is 1. The fraction of sp³-hybridized carbons (Fsp3) is 0.537. The number of carbonyl (C=O) groups is 3. The van der Waals surface area contributed by atoms with E-state index < -0.39 is 56.6 Å². The second-order valence-corrected chi connectivity index (χ2v) is 20.8. The van der Waals surface area contributed by atoms with E-state index in [1.807, 2.05) is 84.0 Å². The van der Waals surface area contributed by atoms with Gasteiger partial charge in [-0.15, -0.1) is 0 Å². The first-order chi connectivity index (χ1) is 24.7. The summed E-state index contributed by atoms with van der Waals surface area (Å²) in [5.74, 6) is 0.240. The zero-order chi connectivity index (χ0) is 39.3. The van der Waals surface area contributed by atoms with Crippen molar-refractivity contribution in [3.63, 3.8) is 0 Å². The van der Waals surface area contributed by atoms with Gasteiger partial charge in [-0.1, -0.05) is 64.1 Å². The molecule has 0 radical (unpaired) electrons. The van der Waals surface area contributed by atoms with E-state index in [2.05, 4.69) is 33.9 Å². The van der Waals surface area contributed by atoms with Gasteiger partial charge in [-0.3, -0.25) is 4.90 Å². The minimum atomic E-state index is -2.53. The summed E-state index contributed by atoms with van der Waals surface area (Å²) in [4.78, 5) is 41.8. The smallest absolute Gasteiger partial charge is 0.509 e. The van der Waals surface area contributed by atoms with Crippen molar-refractivity contribution in [1.82, 2.24) is 0 Å². The number of esters is 1. The third kappa shape index (κ3) is 10.7. The van der Waals surface area contributed by atoms with E-state index in [-0.39, 0.29) is 29.5 Å². The molecule has 12 heteroatoms. The molecular weight excluding hydrogens is 695 g/mol. The van der Waals surface area contributed by atoms with Crippen molar-refractivity contribution in [2.24, 2.45) is 5.92 Å². The number of amides is 1. The summed E-state index contributed by atoms with van der Waals surface area (Å²) in [6, 6.07) is 11.0. The molecule has 0 bridgehead atoms. The number of cyclic esters (lactones) is 1. The highest BCUT2D eigenvalue weighted by Crippen LogP contribution is 2.41. The molecule has 0 N–H and O–H groups in total. The fourth-order valence-corrected chi connectivity index (χ4v) is 6.53. The molecule has 0 aromatic heterocycles. The minimum Gasteiger partial charge on any atom is -0.543 e. The quantitative estimate of drug-likeness (QED) is 0.112. The second kappa shape index (κ2) is 16.8. The normalized spacial score (nSPS) is 22.4. The standard InChI is InChI=1S/C41H57NO10Si/c1-13-42(38(44)51-40(4,5)6)30-23-29-15-14-16-33-36(50-39(45)49-33)32(47-25-28-18-20-31(46-10)21-19-28)22-17-26(2)27(3)48-37(43)35(29)34(24-30)52-53(11,12)41(7,8)9/h14-15,17-24,26-27,32-33,36H,13,16,25H2,1-12H3/t26-,27+,32-,33+,36-/m1/s1. The zero-order valence-corrected chi connectivity index (χ0v) is 34.3. The van der Waals surface area contributed by atoms with Crippen LogP contribution < -0.4 is 14.1 Å². The number of carbonyl (C=O) groups excluding carboxylic acids is 3. The Morgan fingerprint density at radius 3 is 2.25 bits per heavy atom. The third-order valence-corrected chi connectivity index (χ3v) is 14.2. The van der Waals surface area contributed by atoms with E-state index in [0.29, 0.717) is 23.5 Å². The van der Waals surface area contributed by atoms with Crippen LogP contribution in [-0.4, -0.2) is 70.2 Å². The van der Waals surface area contributed by atoms with Crippen LogP contribution in [0, 0.1) is 5.92 Å². The first kappa shape index (κ1) is 41.5. The van der Waals surface area contributed by atoms with E-state index in [1.165, 1.54) is 4.90 Å². The van der Waals surface area contributed by atoms with E-state index >= 15 is 0 Å². The van der Waals surface area contributed by atoms with Crippen molar-refractivity contribution in [2.75, 3.05) is 18.6 Å². The van der Waals surface area contributed by atoms with Crippen molar-refractivity contribution >= 4 is 38.3 Å². The lowest BCUT2D eigenvalue weighted by Crippen LogP contribution is -2.44. The summed E-state index contributed by atoms with van der Waals surface area (Å²) < 4.78 is 41.7. The summed E-state index contributed by atoms with van der Waals surface area (Å²) >= 11 is 0. The third-order valence-electron chi connectivity index (χ3n) is 9.81. The van der Waals surface area contributed by atoms with Gasteiger partial charge in [-0.25, -0.2) is 14.4 Å². The molecule has 2 aromatic carbocycles. The molecule has 1 fully saturated rings. The maximum absolute atomic E-state index is 14.3. The number of hydrogen-bond acceptors (Lipinski definition) is 10. The Labute approximate surface area is 315 Å². The van der Waals surface area contributed by atoms with Crippen LogP contribution in [0.5, 0.6) is 11.5 Å². The molecule has 11 nitrogen and oxygen atoms in total. The highest BCUT2D eigenvalue weighted by Gasteiger charge is 2.42. The number of ether oxygens (including phenoxy) is 6. The summed E-state index contributed by atoms with van der Waals surface area (Å²) in [6.07, 6.45) is 3.61. The van der Waals surface area contributed by atoms with E-state index in [1.54, 1.807) is 25.3 Å². The van der Waals surface area contributed by atoms with Gasteiger partial charge in [-0.2, -0.15) is 0 Å². The maximum Gasteiger partial charge on any atom is 0.509 e. The van der Waals surface area contributed by atoms with Gasteiger partial charge in [0.2, 0.25) is 0 Å². The Morgan fingerprint density at radius 2 is 1.64 bits per heavy atom. The molecular formula is C41H57NO10Si. The molecule has 2 aliphatic heterocycles. The molecule has 2 heterocycles. The van der Waals surface area contributed by atoms with Gasteiger partial charge >= 0.3 is 18.2 Å². The minimum absolute atomic E-state index is 0.202. The van der Waals surface area contributed by atoms with Crippen LogP contribution in [0.3, 0.4) is 0 Å². The Balaban J connectivity index is 1.82. The molecule has 0 unspecified atom stereocenters. The van der Waals surface area contributed by atoms with E-state index in [4.69, 9.17) is 32.8 Å². The number of fused-ring (bicyclic) bond motifs is 2. The van der Waals surface area contributed by atoms with E-state index in [9.17, 15) is 14.4 Å².